The molecule has 3 N–H and O–H groups in total. The summed E-state index contributed by atoms with van der Waals surface area (Å²) >= 11 is 5.95. The minimum absolute atomic E-state index is 0.342. The second-order valence-corrected chi connectivity index (χ2v) is 5.48. The van der Waals surface area contributed by atoms with Gasteiger partial charge >= 0.3 is 0 Å². The monoisotopic (exact) mass is 286 g/mol. The largest absolute Gasteiger partial charge is 0.382 e. The molecule has 3 rings (SSSR count). The number of carbonyl (C=O) groups excluding carboxylic acids is 1. The molecule has 3 nitrogen and oxygen atoms in total. The zero-order valence-electron chi connectivity index (χ0n) is 10.9. The van der Waals surface area contributed by atoms with Crippen molar-refractivity contribution in [3.63, 3.8) is 0 Å². The first-order chi connectivity index (χ1) is 9.63. The Bertz CT molecular complexity index is 644. The van der Waals surface area contributed by atoms with Crippen molar-refractivity contribution in [1.82, 2.24) is 0 Å². The lowest BCUT2D eigenvalue weighted by atomic mass is 10.1. The molecule has 102 valence electrons. The lowest BCUT2D eigenvalue weighted by Crippen LogP contribution is -2.20. The maximum Gasteiger partial charge on any atom is 0.250 e. The van der Waals surface area contributed by atoms with Crippen molar-refractivity contribution in [3.05, 3.63) is 64.2 Å². The van der Waals surface area contributed by atoms with Crippen LogP contribution in [0.3, 0.4) is 0 Å². The van der Waals surface area contributed by atoms with Crippen molar-refractivity contribution in [2.75, 3.05) is 5.32 Å². The molecule has 0 spiro atoms. The minimum atomic E-state index is -0.506. The molecule has 2 aromatic rings. The zero-order chi connectivity index (χ0) is 14.1. The van der Waals surface area contributed by atoms with E-state index in [9.17, 15) is 4.79 Å². The normalized spacial score (nSPS) is 14.1. The van der Waals surface area contributed by atoms with Crippen LogP contribution >= 0.6 is 11.6 Å². The Labute approximate surface area is 122 Å². The van der Waals surface area contributed by atoms with Crippen LogP contribution in [0.2, 0.25) is 5.02 Å². The van der Waals surface area contributed by atoms with E-state index in [-0.39, 0.29) is 0 Å². The van der Waals surface area contributed by atoms with E-state index >= 15 is 0 Å². The topological polar surface area (TPSA) is 55.1 Å². The molecule has 1 aliphatic carbocycles. The van der Waals surface area contributed by atoms with Crippen LogP contribution in [0.4, 0.5) is 5.69 Å². The van der Waals surface area contributed by atoms with E-state index in [0.717, 1.165) is 18.5 Å². The number of anilines is 1. The number of nitrogens with two attached hydrogens (primary N) is 1. The van der Waals surface area contributed by atoms with Gasteiger partial charge in [0.05, 0.1) is 10.6 Å². The lowest BCUT2D eigenvalue weighted by molar-refractivity contribution is 0.100. The van der Waals surface area contributed by atoms with Gasteiger partial charge in [-0.05, 0) is 42.2 Å². The van der Waals surface area contributed by atoms with E-state index in [4.69, 9.17) is 17.3 Å². The summed E-state index contributed by atoms with van der Waals surface area (Å²) in [5.74, 6) is -0.506. The standard InChI is InChI=1S/C16H15ClN2O/c17-15-6-5-12(9-14(15)16(18)20)19-13-7-10-3-1-2-4-11(10)8-13/h1-6,9,13,19H,7-8H2,(H2,18,20). The Balaban J connectivity index is 1.77. The molecule has 0 unspecified atom stereocenters. The summed E-state index contributed by atoms with van der Waals surface area (Å²) in [7, 11) is 0. The van der Waals surface area contributed by atoms with Gasteiger partial charge in [0.25, 0.3) is 0 Å². The number of nitrogens with one attached hydrogen (secondary N) is 1. The van der Waals surface area contributed by atoms with Gasteiger partial charge in [-0.2, -0.15) is 0 Å². The first-order valence-corrected chi connectivity index (χ1v) is 6.94. The molecule has 0 saturated carbocycles. The number of primary amides is 1. The molecule has 0 aliphatic heterocycles. The molecule has 0 bridgehead atoms. The van der Waals surface area contributed by atoms with E-state index in [1.54, 1.807) is 12.1 Å². The van der Waals surface area contributed by atoms with Gasteiger partial charge < -0.3 is 11.1 Å². The molecule has 2 aromatic carbocycles. The molecule has 0 fully saturated rings. The van der Waals surface area contributed by atoms with Crippen molar-refractivity contribution in [1.29, 1.82) is 0 Å². The Morgan fingerprint density at radius 3 is 2.40 bits per heavy atom. The molecule has 1 aliphatic rings. The van der Waals surface area contributed by atoms with Crippen molar-refractivity contribution < 1.29 is 4.79 Å². The second-order valence-electron chi connectivity index (χ2n) is 5.08. The van der Waals surface area contributed by atoms with Crippen molar-refractivity contribution in [2.24, 2.45) is 5.73 Å². The molecular formula is C16H15ClN2O. The molecule has 0 atom stereocenters. The minimum Gasteiger partial charge on any atom is -0.382 e. The Hall–Kier alpha value is -2.00. The van der Waals surface area contributed by atoms with Crippen LogP contribution in [0.25, 0.3) is 0 Å². The van der Waals surface area contributed by atoms with E-state index in [2.05, 4.69) is 29.6 Å². The maximum atomic E-state index is 11.3. The average molecular weight is 287 g/mol. The smallest absolute Gasteiger partial charge is 0.250 e. The predicted molar refractivity (Wildman–Crippen MR) is 81.2 cm³/mol. The van der Waals surface area contributed by atoms with Crippen molar-refractivity contribution >= 4 is 23.2 Å². The van der Waals surface area contributed by atoms with Gasteiger partial charge in [-0.15, -0.1) is 0 Å². The van der Waals surface area contributed by atoms with Gasteiger partial charge in [-0.25, -0.2) is 0 Å². The third-order valence-corrected chi connectivity index (χ3v) is 3.98. The third-order valence-electron chi connectivity index (χ3n) is 3.65. The second kappa shape index (κ2) is 5.17. The van der Waals surface area contributed by atoms with E-state index < -0.39 is 5.91 Å². The highest BCUT2D eigenvalue weighted by Gasteiger charge is 2.21. The highest BCUT2D eigenvalue weighted by atomic mass is 35.5. The molecule has 1 amide bonds. The number of rotatable bonds is 3. The van der Waals surface area contributed by atoms with Crippen LogP contribution in [0.15, 0.2) is 42.5 Å². The molecule has 0 radical (unpaired) electrons. The van der Waals surface area contributed by atoms with E-state index in [1.165, 1.54) is 11.1 Å². The van der Waals surface area contributed by atoms with Crippen LogP contribution in [0.1, 0.15) is 21.5 Å². The highest BCUT2D eigenvalue weighted by Crippen LogP contribution is 2.26. The Morgan fingerprint density at radius 2 is 1.80 bits per heavy atom. The maximum absolute atomic E-state index is 11.3. The summed E-state index contributed by atoms with van der Waals surface area (Å²) in [6, 6.07) is 14.1. The number of halogens is 1. The molecule has 4 heteroatoms. The predicted octanol–water partition coefficient (Wildman–Crippen LogP) is 3.02. The van der Waals surface area contributed by atoms with Gasteiger partial charge in [0.1, 0.15) is 0 Å². The molecule has 0 aromatic heterocycles. The fourth-order valence-electron chi connectivity index (χ4n) is 2.70. The van der Waals surface area contributed by atoms with Gasteiger partial charge in [0.2, 0.25) is 5.91 Å². The van der Waals surface area contributed by atoms with Gasteiger partial charge in [-0.1, -0.05) is 35.9 Å². The third kappa shape index (κ3) is 2.49. The fraction of sp³-hybridized carbons (Fsp3) is 0.188. The van der Waals surface area contributed by atoms with E-state index in [0.29, 0.717) is 16.6 Å². The molecule has 0 saturated heterocycles. The molecular weight excluding hydrogens is 272 g/mol. The number of benzene rings is 2. The van der Waals surface area contributed by atoms with Crippen LogP contribution in [0.5, 0.6) is 0 Å². The summed E-state index contributed by atoms with van der Waals surface area (Å²) in [6.45, 7) is 0. The Kier molecular flexibility index (Phi) is 3.36. The van der Waals surface area contributed by atoms with E-state index in [1.807, 2.05) is 6.07 Å². The van der Waals surface area contributed by atoms with Gasteiger partial charge in [0, 0.05) is 11.7 Å². The average Bonchev–Trinajstić information content (AvgIpc) is 2.82. The molecule has 20 heavy (non-hydrogen) atoms. The van der Waals surface area contributed by atoms with Crippen molar-refractivity contribution in [2.45, 2.75) is 18.9 Å². The summed E-state index contributed by atoms with van der Waals surface area (Å²) in [5, 5.41) is 3.83. The SMILES string of the molecule is NC(=O)c1cc(NC2Cc3ccccc3C2)ccc1Cl. The number of hydrogen-bond donors (Lipinski definition) is 2. The van der Waals surface area contributed by atoms with Crippen LogP contribution in [-0.2, 0) is 12.8 Å². The van der Waals surface area contributed by atoms with Crippen molar-refractivity contribution in [3.8, 4) is 0 Å². The van der Waals surface area contributed by atoms with Gasteiger partial charge in [-0.3, -0.25) is 4.79 Å². The van der Waals surface area contributed by atoms with Crippen LogP contribution in [0, 0.1) is 0 Å². The summed E-state index contributed by atoms with van der Waals surface area (Å²) in [5.41, 5.74) is 9.31. The number of amides is 1. The first-order valence-electron chi connectivity index (χ1n) is 6.56. The number of carbonyl (C=O) groups is 1. The highest BCUT2D eigenvalue weighted by molar-refractivity contribution is 6.33. The quantitative estimate of drug-likeness (QED) is 0.911. The van der Waals surface area contributed by atoms with Crippen LogP contribution < -0.4 is 11.1 Å². The summed E-state index contributed by atoms with van der Waals surface area (Å²) in [4.78, 5) is 11.3. The fourth-order valence-corrected chi connectivity index (χ4v) is 2.91. The lowest BCUT2D eigenvalue weighted by Gasteiger charge is -2.14. The van der Waals surface area contributed by atoms with Crippen LogP contribution in [-0.4, -0.2) is 11.9 Å². The summed E-state index contributed by atoms with van der Waals surface area (Å²) in [6.07, 6.45) is 1.98. The number of fused-ring (bicyclic) bond motifs is 1. The molecule has 0 heterocycles. The Morgan fingerprint density at radius 1 is 1.15 bits per heavy atom. The summed E-state index contributed by atoms with van der Waals surface area (Å²) < 4.78 is 0. The van der Waals surface area contributed by atoms with Gasteiger partial charge in [0.15, 0.2) is 0 Å². The first kappa shape index (κ1) is 13.0. The zero-order valence-corrected chi connectivity index (χ0v) is 11.7. The number of hydrogen-bond acceptors (Lipinski definition) is 2.